The number of amides is 1. The van der Waals surface area contributed by atoms with Crippen LogP contribution in [0.15, 0.2) is 53.5 Å². The summed E-state index contributed by atoms with van der Waals surface area (Å²) in [5.74, 6) is 0.231. The Kier molecular flexibility index (Phi) is 5.93. The van der Waals surface area contributed by atoms with Gasteiger partial charge in [0.05, 0.1) is 10.6 Å². The Morgan fingerprint density at radius 2 is 1.90 bits per heavy atom. The van der Waals surface area contributed by atoms with E-state index in [0.29, 0.717) is 27.6 Å². The molecule has 1 N–H and O–H groups in total. The quantitative estimate of drug-likeness (QED) is 0.669. The summed E-state index contributed by atoms with van der Waals surface area (Å²) in [4.78, 5) is 28.2. The fourth-order valence-corrected chi connectivity index (χ4v) is 4.30. The second kappa shape index (κ2) is 8.62. The van der Waals surface area contributed by atoms with Crippen molar-refractivity contribution < 1.29 is 4.79 Å². The van der Waals surface area contributed by atoms with Crippen LogP contribution in [-0.2, 0) is 6.54 Å². The van der Waals surface area contributed by atoms with Crippen LogP contribution in [-0.4, -0.2) is 35.5 Å². The lowest BCUT2D eigenvalue weighted by Gasteiger charge is -2.29. The van der Waals surface area contributed by atoms with Crippen LogP contribution in [0.1, 0.15) is 28.8 Å². The van der Waals surface area contributed by atoms with Crippen molar-refractivity contribution in [3.63, 3.8) is 0 Å². The number of benzene rings is 2. The largest absolute Gasteiger partial charge is 0.321 e. The molecule has 6 heteroatoms. The number of hydrogen-bond donors (Lipinski definition) is 1. The van der Waals surface area contributed by atoms with Crippen molar-refractivity contribution in [2.24, 2.45) is 5.92 Å². The van der Waals surface area contributed by atoms with Gasteiger partial charge in [0.2, 0.25) is 0 Å². The SMILES string of the molecule is Cc1ccc(Cl)c(C(=O)Nc2cccc3c(=O)n(CC4CCN(C)CC4)ccc23)c1. The predicted octanol–water partition coefficient (Wildman–Crippen LogP) is 4.56. The third kappa shape index (κ3) is 4.27. The number of likely N-dealkylation sites (tertiary alicyclic amines) is 1. The van der Waals surface area contributed by atoms with Crippen LogP contribution < -0.4 is 10.9 Å². The Morgan fingerprint density at radius 1 is 1.13 bits per heavy atom. The summed E-state index contributed by atoms with van der Waals surface area (Å²) in [6.45, 7) is 4.80. The van der Waals surface area contributed by atoms with E-state index < -0.39 is 0 Å². The van der Waals surface area contributed by atoms with Gasteiger partial charge >= 0.3 is 0 Å². The molecule has 0 radical (unpaired) electrons. The van der Waals surface area contributed by atoms with Crippen molar-refractivity contribution in [2.75, 3.05) is 25.5 Å². The second-order valence-electron chi connectivity index (χ2n) is 8.22. The van der Waals surface area contributed by atoms with Gasteiger partial charge in [0.25, 0.3) is 11.5 Å². The van der Waals surface area contributed by atoms with Gasteiger partial charge in [0.1, 0.15) is 0 Å². The number of aromatic nitrogens is 1. The summed E-state index contributed by atoms with van der Waals surface area (Å²) in [6.07, 6.45) is 4.06. The lowest BCUT2D eigenvalue weighted by Crippen LogP contribution is -2.33. The van der Waals surface area contributed by atoms with Crippen LogP contribution in [0.4, 0.5) is 5.69 Å². The van der Waals surface area contributed by atoms with E-state index in [-0.39, 0.29) is 11.5 Å². The van der Waals surface area contributed by atoms with E-state index in [9.17, 15) is 9.59 Å². The van der Waals surface area contributed by atoms with Crippen molar-refractivity contribution in [2.45, 2.75) is 26.3 Å². The third-order valence-electron chi connectivity index (χ3n) is 5.93. The molecule has 5 nitrogen and oxygen atoms in total. The topological polar surface area (TPSA) is 54.3 Å². The third-order valence-corrected chi connectivity index (χ3v) is 6.26. The zero-order valence-electron chi connectivity index (χ0n) is 17.3. The van der Waals surface area contributed by atoms with Gasteiger partial charge in [-0.1, -0.05) is 29.3 Å². The molecule has 1 aliphatic rings. The number of hydrogen-bond acceptors (Lipinski definition) is 3. The Bertz CT molecular complexity index is 1150. The van der Waals surface area contributed by atoms with E-state index in [1.54, 1.807) is 22.8 Å². The average molecular weight is 424 g/mol. The van der Waals surface area contributed by atoms with Crippen LogP contribution >= 0.6 is 11.6 Å². The number of pyridine rings is 1. The summed E-state index contributed by atoms with van der Waals surface area (Å²) in [5.41, 5.74) is 1.97. The lowest BCUT2D eigenvalue weighted by molar-refractivity contribution is 0.102. The van der Waals surface area contributed by atoms with Crippen molar-refractivity contribution in [1.29, 1.82) is 0 Å². The molecular formula is C24H26ClN3O2. The van der Waals surface area contributed by atoms with E-state index in [4.69, 9.17) is 11.6 Å². The van der Waals surface area contributed by atoms with Crippen molar-refractivity contribution in [3.05, 3.63) is 75.2 Å². The predicted molar refractivity (Wildman–Crippen MR) is 123 cm³/mol. The highest BCUT2D eigenvalue weighted by Crippen LogP contribution is 2.24. The molecule has 0 spiro atoms. The second-order valence-corrected chi connectivity index (χ2v) is 8.63. The molecule has 4 rings (SSSR count). The maximum absolute atomic E-state index is 13.1. The first-order valence-electron chi connectivity index (χ1n) is 10.3. The summed E-state index contributed by atoms with van der Waals surface area (Å²) in [6, 6.07) is 12.7. The molecule has 30 heavy (non-hydrogen) atoms. The number of carbonyl (C=O) groups is 1. The molecule has 0 unspecified atom stereocenters. The highest BCUT2D eigenvalue weighted by atomic mass is 35.5. The standard InChI is InChI=1S/C24H26ClN3O2/c1-16-6-7-21(25)20(14-16)23(29)26-22-5-3-4-19-18(22)10-13-28(24(19)30)15-17-8-11-27(2)12-9-17/h3-7,10,13-14,17H,8-9,11-12,15H2,1-2H3,(H,26,29). The Labute approximate surface area is 181 Å². The van der Waals surface area contributed by atoms with Crippen LogP contribution in [0, 0.1) is 12.8 Å². The molecule has 0 bridgehead atoms. The van der Waals surface area contributed by atoms with Crippen LogP contribution in [0.25, 0.3) is 10.8 Å². The normalized spacial score (nSPS) is 15.4. The first-order valence-corrected chi connectivity index (χ1v) is 10.7. The number of carbonyl (C=O) groups excluding carboxylic acids is 1. The number of anilines is 1. The minimum atomic E-state index is -0.285. The summed E-state index contributed by atoms with van der Waals surface area (Å²) in [5, 5.41) is 4.67. The monoisotopic (exact) mass is 423 g/mol. The van der Waals surface area contributed by atoms with Crippen LogP contribution in [0.3, 0.4) is 0 Å². The first kappa shape index (κ1) is 20.6. The fraction of sp³-hybridized carbons (Fsp3) is 0.333. The number of piperidine rings is 1. The molecule has 0 saturated carbocycles. The average Bonchev–Trinajstić information content (AvgIpc) is 2.73. The Balaban J connectivity index is 1.61. The summed E-state index contributed by atoms with van der Waals surface area (Å²) in [7, 11) is 2.14. The molecule has 2 heterocycles. The lowest BCUT2D eigenvalue weighted by atomic mass is 9.97. The van der Waals surface area contributed by atoms with E-state index in [1.807, 2.05) is 37.4 Å². The molecule has 156 valence electrons. The van der Waals surface area contributed by atoms with E-state index >= 15 is 0 Å². The number of nitrogens with zero attached hydrogens (tertiary/aromatic N) is 2. The molecule has 0 aliphatic carbocycles. The fourth-order valence-electron chi connectivity index (χ4n) is 4.10. The number of nitrogens with one attached hydrogen (secondary N) is 1. The van der Waals surface area contributed by atoms with Gasteiger partial charge in [-0.2, -0.15) is 0 Å². The maximum atomic E-state index is 13.1. The minimum Gasteiger partial charge on any atom is -0.321 e. The zero-order valence-corrected chi connectivity index (χ0v) is 18.1. The number of rotatable bonds is 4. The smallest absolute Gasteiger partial charge is 0.258 e. The van der Waals surface area contributed by atoms with Crippen LogP contribution in [0.5, 0.6) is 0 Å². The molecule has 1 aromatic heterocycles. The summed E-state index contributed by atoms with van der Waals surface area (Å²) < 4.78 is 1.81. The molecule has 1 amide bonds. The minimum absolute atomic E-state index is 0.0175. The molecule has 3 aromatic rings. The zero-order chi connectivity index (χ0) is 21.3. The molecule has 1 fully saturated rings. The van der Waals surface area contributed by atoms with Gasteiger partial charge in [-0.15, -0.1) is 0 Å². The highest BCUT2D eigenvalue weighted by Gasteiger charge is 2.18. The van der Waals surface area contributed by atoms with Gasteiger partial charge in [-0.05, 0) is 76.2 Å². The van der Waals surface area contributed by atoms with Crippen molar-refractivity contribution >= 4 is 34.0 Å². The first-order chi connectivity index (χ1) is 14.4. The molecule has 1 aliphatic heterocycles. The van der Waals surface area contributed by atoms with Crippen LogP contribution in [0.2, 0.25) is 5.02 Å². The van der Waals surface area contributed by atoms with E-state index in [1.165, 1.54) is 0 Å². The van der Waals surface area contributed by atoms with Gasteiger partial charge in [0.15, 0.2) is 0 Å². The summed E-state index contributed by atoms with van der Waals surface area (Å²) >= 11 is 6.21. The van der Waals surface area contributed by atoms with E-state index in [0.717, 1.165) is 43.4 Å². The van der Waals surface area contributed by atoms with Gasteiger partial charge < -0.3 is 14.8 Å². The Morgan fingerprint density at radius 3 is 2.67 bits per heavy atom. The number of halogens is 1. The highest BCUT2D eigenvalue weighted by molar-refractivity contribution is 6.34. The Hall–Kier alpha value is -2.63. The number of aryl methyl sites for hydroxylation is 1. The molecule has 0 atom stereocenters. The number of fused-ring (bicyclic) bond motifs is 1. The molecule has 2 aromatic carbocycles. The molecule has 1 saturated heterocycles. The van der Waals surface area contributed by atoms with Crippen molar-refractivity contribution in [1.82, 2.24) is 9.47 Å². The van der Waals surface area contributed by atoms with Gasteiger partial charge in [-0.3, -0.25) is 9.59 Å². The molecular weight excluding hydrogens is 398 g/mol. The van der Waals surface area contributed by atoms with Gasteiger partial charge in [0, 0.05) is 29.2 Å². The van der Waals surface area contributed by atoms with E-state index in [2.05, 4.69) is 17.3 Å². The van der Waals surface area contributed by atoms with Gasteiger partial charge in [-0.25, -0.2) is 0 Å². The van der Waals surface area contributed by atoms with Crippen molar-refractivity contribution in [3.8, 4) is 0 Å². The maximum Gasteiger partial charge on any atom is 0.258 e.